The maximum absolute atomic E-state index is 11.6. The van der Waals surface area contributed by atoms with Crippen molar-refractivity contribution in [1.82, 2.24) is 5.32 Å². The third-order valence-electron chi connectivity index (χ3n) is 3.79. The summed E-state index contributed by atoms with van der Waals surface area (Å²) in [6.45, 7) is 4.12. The predicted octanol–water partition coefficient (Wildman–Crippen LogP) is 2.34. The highest BCUT2D eigenvalue weighted by molar-refractivity contribution is 7.80. The molecule has 0 fully saturated rings. The summed E-state index contributed by atoms with van der Waals surface area (Å²) >= 11 is -2.40. The normalized spacial score (nSPS) is 11.5. The van der Waals surface area contributed by atoms with Gasteiger partial charge in [0.1, 0.15) is 5.75 Å². The van der Waals surface area contributed by atoms with Crippen LogP contribution in [0.1, 0.15) is 11.1 Å². The lowest BCUT2D eigenvalue weighted by atomic mass is 10.1. The van der Waals surface area contributed by atoms with Crippen molar-refractivity contribution in [1.29, 1.82) is 0 Å². The molecule has 0 saturated carbocycles. The van der Waals surface area contributed by atoms with Gasteiger partial charge in [0.2, 0.25) is 5.91 Å². The second-order valence-electron chi connectivity index (χ2n) is 5.51. The quantitative estimate of drug-likeness (QED) is 0.540. The number of ether oxygens (including phenoxy) is 1. The standard InChI is InChI=1S/C19H22N2O4S/c1-3-19(22)20-13-12-15-4-8-17(9-5-15)21(26(23)24)14-16-6-10-18(25-2)11-7-16/h3-11H,1,12-14H2,2H3,(H,20,22)(H,23,24)/p-1. The first-order valence-corrected chi connectivity index (χ1v) is 9.05. The SMILES string of the molecule is C=CC(=O)NCCc1ccc(N(Cc2ccc(OC)cc2)S(=O)[O-])cc1. The van der Waals surface area contributed by atoms with Crippen LogP contribution in [0, 0.1) is 0 Å². The van der Waals surface area contributed by atoms with Crippen LogP contribution < -0.4 is 14.4 Å². The van der Waals surface area contributed by atoms with Gasteiger partial charge in [-0.15, -0.1) is 0 Å². The molecule has 7 heteroatoms. The van der Waals surface area contributed by atoms with Gasteiger partial charge in [0.05, 0.1) is 13.7 Å². The Bertz CT molecular complexity index is 760. The summed E-state index contributed by atoms with van der Waals surface area (Å²) in [6.07, 6.45) is 1.88. The van der Waals surface area contributed by atoms with Gasteiger partial charge in [-0.1, -0.05) is 30.8 Å². The van der Waals surface area contributed by atoms with Crippen LogP contribution in [-0.2, 0) is 29.0 Å². The minimum absolute atomic E-state index is 0.214. The largest absolute Gasteiger partial charge is 0.755 e. The predicted molar refractivity (Wildman–Crippen MR) is 101 cm³/mol. The summed E-state index contributed by atoms with van der Waals surface area (Å²) in [7, 11) is 1.58. The lowest BCUT2D eigenvalue weighted by Gasteiger charge is -2.26. The average molecular weight is 373 g/mol. The first-order valence-electron chi connectivity index (χ1n) is 8.02. The van der Waals surface area contributed by atoms with Crippen LogP contribution in [0.25, 0.3) is 0 Å². The number of rotatable bonds is 9. The number of hydrogen-bond donors (Lipinski definition) is 1. The van der Waals surface area contributed by atoms with Crippen LogP contribution in [0.4, 0.5) is 5.69 Å². The van der Waals surface area contributed by atoms with Gasteiger partial charge in [0, 0.05) is 23.5 Å². The fourth-order valence-electron chi connectivity index (χ4n) is 2.36. The minimum Gasteiger partial charge on any atom is -0.755 e. The number of methoxy groups -OCH3 is 1. The summed E-state index contributed by atoms with van der Waals surface area (Å²) in [5, 5.41) is 2.70. The van der Waals surface area contributed by atoms with E-state index in [2.05, 4.69) is 11.9 Å². The van der Waals surface area contributed by atoms with Crippen LogP contribution in [0.15, 0.2) is 61.2 Å². The first kappa shape index (κ1) is 19.7. The molecule has 2 rings (SSSR count). The molecule has 0 heterocycles. The van der Waals surface area contributed by atoms with Gasteiger partial charge in [-0.05, 0) is 47.9 Å². The molecule has 0 aromatic heterocycles. The van der Waals surface area contributed by atoms with E-state index in [-0.39, 0.29) is 12.5 Å². The van der Waals surface area contributed by atoms with E-state index in [0.717, 1.165) is 16.9 Å². The van der Waals surface area contributed by atoms with Crippen LogP contribution in [0.2, 0.25) is 0 Å². The lowest BCUT2D eigenvalue weighted by molar-refractivity contribution is -0.116. The van der Waals surface area contributed by atoms with Crippen molar-refractivity contribution < 1.29 is 18.3 Å². The molecule has 0 radical (unpaired) electrons. The summed E-state index contributed by atoms with van der Waals surface area (Å²) in [5.41, 5.74) is 2.43. The topological polar surface area (TPSA) is 81.7 Å². The number of carbonyl (C=O) groups is 1. The number of hydrogen-bond acceptors (Lipinski definition) is 4. The monoisotopic (exact) mass is 373 g/mol. The maximum atomic E-state index is 11.6. The van der Waals surface area contributed by atoms with E-state index in [9.17, 15) is 13.6 Å². The summed E-state index contributed by atoms with van der Waals surface area (Å²) in [6, 6.07) is 14.5. The number of benzene rings is 2. The van der Waals surface area contributed by atoms with Gasteiger partial charge >= 0.3 is 0 Å². The fourth-order valence-corrected chi connectivity index (χ4v) is 2.91. The van der Waals surface area contributed by atoms with Crippen LogP contribution in [0.5, 0.6) is 5.75 Å². The molecule has 1 atom stereocenters. The van der Waals surface area contributed by atoms with E-state index >= 15 is 0 Å². The molecule has 1 unspecified atom stereocenters. The highest BCUT2D eigenvalue weighted by Gasteiger charge is 2.09. The van der Waals surface area contributed by atoms with Crippen molar-refractivity contribution in [2.24, 2.45) is 0 Å². The fraction of sp³-hybridized carbons (Fsp3) is 0.211. The molecular formula is C19H21N2O4S-. The van der Waals surface area contributed by atoms with Crippen molar-refractivity contribution in [3.8, 4) is 5.75 Å². The molecule has 0 bridgehead atoms. The van der Waals surface area contributed by atoms with Gasteiger partial charge in [-0.3, -0.25) is 13.3 Å². The van der Waals surface area contributed by atoms with Crippen molar-refractivity contribution in [2.45, 2.75) is 13.0 Å². The van der Waals surface area contributed by atoms with E-state index in [4.69, 9.17) is 4.74 Å². The highest BCUT2D eigenvalue weighted by atomic mass is 32.2. The molecule has 0 saturated heterocycles. The third-order valence-corrected chi connectivity index (χ3v) is 4.49. The van der Waals surface area contributed by atoms with Crippen LogP contribution in [-0.4, -0.2) is 28.3 Å². The number of anilines is 1. The van der Waals surface area contributed by atoms with Crippen molar-refractivity contribution in [2.75, 3.05) is 18.0 Å². The lowest BCUT2D eigenvalue weighted by Crippen LogP contribution is -2.25. The number of carbonyl (C=O) groups excluding carboxylic acids is 1. The zero-order chi connectivity index (χ0) is 18.9. The van der Waals surface area contributed by atoms with Crippen molar-refractivity contribution >= 4 is 22.9 Å². The van der Waals surface area contributed by atoms with Crippen molar-refractivity contribution in [3.63, 3.8) is 0 Å². The third kappa shape index (κ3) is 5.72. The number of amides is 1. The Morgan fingerprint density at radius 3 is 2.35 bits per heavy atom. The summed E-state index contributed by atoms with van der Waals surface area (Å²) in [5.74, 6) is 0.505. The van der Waals surface area contributed by atoms with E-state index < -0.39 is 11.3 Å². The maximum Gasteiger partial charge on any atom is 0.243 e. The Morgan fingerprint density at radius 2 is 1.81 bits per heavy atom. The first-order chi connectivity index (χ1) is 12.5. The molecule has 0 aliphatic heterocycles. The van der Waals surface area contributed by atoms with Crippen molar-refractivity contribution in [3.05, 3.63) is 72.3 Å². The molecule has 26 heavy (non-hydrogen) atoms. The number of nitrogens with zero attached hydrogens (tertiary/aromatic N) is 1. The minimum atomic E-state index is -2.40. The number of nitrogens with one attached hydrogen (secondary N) is 1. The Balaban J connectivity index is 2.03. The van der Waals surface area contributed by atoms with E-state index in [1.165, 1.54) is 10.4 Å². The van der Waals surface area contributed by atoms with Gasteiger partial charge in [-0.2, -0.15) is 0 Å². The highest BCUT2D eigenvalue weighted by Crippen LogP contribution is 2.21. The molecule has 1 N–H and O–H groups in total. The van der Waals surface area contributed by atoms with Crippen LogP contribution in [0.3, 0.4) is 0 Å². The van der Waals surface area contributed by atoms with Crippen LogP contribution >= 0.6 is 0 Å². The Hall–Kier alpha value is -2.64. The summed E-state index contributed by atoms with van der Waals surface area (Å²) in [4.78, 5) is 11.1. The van der Waals surface area contributed by atoms with Gasteiger partial charge in [-0.25, -0.2) is 0 Å². The van der Waals surface area contributed by atoms with E-state index in [1.54, 1.807) is 31.4 Å². The molecule has 6 nitrogen and oxygen atoms in total. The Labute approximate surface area is 155 Å². The molecule has 138 valence electrons. The van der Waals surface area contributed by atoms with E-state index in [1.807, 2.05) is 24.3 Å². The second-order valence-corrected chi connectivity index (χ2v) is 6.39. The molecule has 2 aromatic carbocycles. The van der Waals surface area contributed by atoms with Gasteiger partial charge in [0.25, 0.3) is 0 Å². The van der Waals surface area contributed by atoms with Gasteiger partial charge < -0.3 is 14.6 Å². The Kier molecular flexibility index (Phi) is 7.37. The Morgan fingerprint density at radius 1 is 1.19 bits per heavy atom. The second kappa shape index (κ2) is 9.74. The average Bonchev–Trinajstić information content (AvgIpc) is 2.67. The van der Waals surface area contributed by atoms with E-state index in [0.29, 0.717) is 18.7 Å². The zero-order valence-electron chi connectivity index (χ0n) is 14.5. The summed E-state index contributed by atoms with van der Waals surface area (Å²) < 4.78 is 29.7. The molecule has 2 aromatic rings. The molecular weight excluding hydrogens is 352 g/mol. The molecule has 1 amide bonds. The smallest absolute Gasteiger partial charge is 0.243 e. The molecule has 0 aliphatic carbocycles. The van der Waals surface area contributed by atoms with Gasteiger partial charge in [0.15, 0.2) is 0 Å². The molecule has 0 spiro atoms. The molecule has 0 aliphatic rings. The zero-order valence-corrected chi connectivity index (χ0v) is 15.3.